The Bertz CT molecular complexity index is 596. The molecule has 2 aliphatic heterocycles. The number of hydrogen-bond acceptors (Lipinski definition) is 5. The number of rotatable bonds is 5. The van der Waals surface area contributed by atoms with Crippen LogP contribution in [-0.4, -0.2) is 68.6 Å². The number of hydrogen-bond donors (Lipinski definition) is 0. The largest absolute Gasteiger partial charge is 0.345 e. The number of piperidine rings is 2. The van der Waals surface area contributed by atoms with Crippen LogP contribution in [0.3, 0.4) is 0 Å². The average molecular weight is 375 g/mol. The van der Waals surface area contributed by atoms with Gasteiger partial charge in [0.05, 0.1) is 0 Å². The van der Waals surface area contributed by atoms with Gasteiger partial charge < -0.3 is 9.80 Å². The van der Waals surface area contributed by atoms with Crippen molar-refractivity contribution in [1.29, 1.82) is 0 Å². The third-order valence-corrected chi connectivity index (χ3v) is 7.15. The minimum absolute atomic E-state index is 0.214. The van der Waals surface area contributed by atoms with Crippen molar-refractivity contribution in [2.24, 2.45) is 17.8 Å². The average Bonchev–Trinajstić information content (AvgIpc) is 3.21. The summed E-state index contributed by atoms with van der Waals surface area (Å²) in [5.74, 6) is 1.86. The number of nitrogens with zero attached hydrogens (tertiary/aromatic N) is 6. The third-order valence-electron chi connectivity index (χ3n) is 7.15. The molecule has 3 aliphatic rings. The predicted octanol–water partition coefficient (Wildman–Crippen LogP) is 2.20. The van der Waals surface area contributed by atoms with E-state index in [2.05, 4.69) is 25.3 Å². The van der Waals surface area contributed by atoms with Gasteiger partial charge in [0, 0.05) is 32.1 Å². The summed E-state index contributed by atoms with van der Waals surface area (Å²) >= 11 is 0. The molecule has 0 unspecified atom stereocenters. The summed E-state index contributed by atoms with van der Waals surface area (Å²) in [6.07, 6.45) is 12.5. The Morgan fingerprint density at radius 3 is 2.67 bits per heavy atom. The summed E-state index contributed by atoms with van der Waals surface area (Å²) in [6.45, 7) is 4.36. The quantitative estimate of drug-likeness (QED) is 0.790. The highest BCUT2D eigenvalue weighted by atomic mass is 16.2. The summed E-state index contributed by atoms with van der Waals surface area (Å²) in [6, 6.07) is 0.717. The second-order valence-electron chi connectivity index (χ2n) is 8.97. The fraction of sp³-hybridized carbons (Fsp3) is 0.900. The molecule has 27 heavy (non-hydrogen) atoms. The van der Waals surface area contributed by atoms with Gasteiger partial charge in [-0.3, -0.25) is 4.79 Å². The molecule has 0 aromatic carbocycles. The van der Waals surface area contributed by atoms with Crippen LogP contribution in [0.2, 0.25) is 0 Å². The van der Waals surface area contributed by atoms with Gasteiger partial charge in [0.1, 0.15) is 6.33 Å². The first kappa shape index (κ1) is 18.8. The molecule has 7 nitrogen and oxygen atoms in total. The molecule has 1 aliphatic carbocycles. The Labute approximate surface area is 162 Å². The normalized spacial score (nSPS) is 32.0. The molecule has 2 saturated heterocycles. The fourth-order valence-corrected chi connectivity index (χ4v) is 5.66. The zero-order valence-corrected chi connectivity index (χ0v) is 16.7. The summed E-state index contributed by atoms with van der Waals surface area (Å²) < 4.78 is 1.82. The monoisotopic (exact) mass is 374 g/mol. The number of carbonyl (C=O) groups excluding carboxylic acids is 1. The van der Waals surface area contributed by atoms with Gasteiger partial charge in [0.2, 0.25) is 5.91 Å². The van der Waals surface area contributed by atoms with E-state index in [1.54, 1.807) is 6.33 Å². The molecule has 4 rings (SSSR count). The van der Waals surface area contributed by atoms with E-state index >= 15 is 0 Å². The molecule has 3 fully saturated rings. The minimum atomic E-state index is 0.214. The predicted molar refractivity (Wildman–Crippen MR) is 103 cm³/mol. The number of aromatic nitrogens is 4. The zero-order chi connectivity index (χ0) is 18.6. The lowest BCUT2D eigenvalue weighted by atomic mass is 9.80. The second-order valence-corrected chi connectivity index (χ2v) is 8.97. The molecule has 7 heteroatoms. The van der Waals surface area contributed by atoms with E-state index in [-0.39, 0.29) is 5.92 Å². The van der Waals surface area contributed by atoms with Crippen molar-refractivity contribution in [2.75, 3.05) is 26.7 Å². The molecule has 0 bridgehead atoms. The molecular formula is C20H34N6O. The van der Waals surface area contributed by atoms with Crippen LogP contribution in [0.4, 0.5) is 0 Å². The van der Waals surface area contributed by atoms with Gasteiger partial charge in [0.25, 0.3) is 0 Å². The Hall–Kier alpha value is -1.50. The van der Waals surface area contributed by atoms with Crippen molar-refractivity contribution in [1.82, 2.24) is 30.0 Å². The summed E-state index contributed by atoms with van der Waals surface area (Å²) in [7, 11) is 2.04. The molecule has 0 N–H and O–H groups in total. The third kappa shape index (κ3) is 4.50. The van der Waals surface area contributed by atoms with Crippen LogP contribution in [-0.2, 0) is 11.3 Å². The maximum Gasteiger partial charge on any atom is 0.225 e. The Morgan fingerprint density at radius 1 is 1.07 bits per heavy atom. The van der Waals surface area contributed by atoms with Crippen LogP contribution in [0.15, 0.2) is 6.33 Å². The maximum atomic E-state index is 13.0. The first-order valence-electron chi connectivity index (χ1n) is 10.9. The lowest BCUT2D eigenvalue weighted by Gasteiger charge is -2.45. The minimum Gasteiger partial charge on any atom is -0.345 e. The number of amides is 1. The van der Waals surface area contributed by atoms with E-state index in [4.69, 9.17) is 0 Å². The molecule has 150 valence electrons. The highest BCUT2D eigenvalue weighted by Gasteiger charge is 2.35. The van der Waals surface area contributed by atoms with E-state index < -0.39 is 0 Å². The van der Waals surface area contributed by atoms with E-state index in [1.165, 1.54) is 45.2 Å². The summed E-state index contributed by atoms with van der Waals surface area (Å²) in [5.41, 5.74) is 0. The van der Waals surface area contributed by atoms with Crippen LogP contribution in [0.5, 0.6) is 0 Å². The standard InChI is InChI=1S/C20H34N6O/c1-24(14-18-5-4-12-25-11-3-2-6-19(18)25)20(27)17-9-7-16(8-10-17)13-26-15-21-22-23-26/h15-19H,2-14H2,1H3/t16?,17?,18-,19-/m1/s1. The molecule has 1 aromatic heterocycles. The van der Waals surface area contributed by atoms with Gasteiger partial charge in [-0.1, -0.05) is 6.42 Å². The van der Waals surface area contributed by atoms with Crippen molar-refractivity contribution in [2.45, 2.75) is 70.4 Å². The van der Waals surface area contributed by atoms with Gasteiger partial charge in [-0.25, -0.2) is 4.68 Å². The van der Waals surface area contributed by atoms with E-state index in [1.807, 2.05) is 11.7 Å². The number of tetrazole rings is 1. The molecular weight excluding hydrogens is 340 g/mol. The Balaban J connectivity index is 1.25. The highest BCUT2D eigenvalue weighted by Crippen LogP contribution is 2.33. The van der Waals surface area contributed by atoms with Crippen LogP contribution in [0.25, 0.3) is 0 Å². The molecule has 0 spiro atoms. The smallest absolute Gasteiger partial charge is 0.225 e. The lowest BCUT2D eigenvalue weighted by Crippen LogP contribution is -2.51. The van der Waals surface area contributed by atoms with Crippen molar-refractivity contribution < 1.29 is 4.79 Å². The van der Waals surface area contributed by atoms with E-state index in [0.29, 0.717) is 17.7 Å². The van der Waals surface area contributed by atoms with Crippen molar-refractivity contribution >= 4 is 5.91 Å². The maximum absolute atomic E-state index is 13.0. The fourth-order valence-electron chi connectivity index (χ4n) is 5.66. The Morgan fingerprint density at radius 2 is 1.89 bits per heavy atom. The molecule has 1 aromatic rings. The van der Waals surface area contributed by atoms with Crippen molar-refractivity contribution in [3.05, 3.63) is 6.33 Å². The van der Waals surface area contributed by atoms with Crippen molar-refractivity contribution in [3.63, 3.8) is 0 Å². The van der Waals surface area contributed by atoms with Crippen LogP contribution in [0, 0.1) is 17.8 Å². The molecule has 3 heterocycles. The SMILES string of the molecule is CN(C[C@H]1CCCN2CCCC[C@H]12)C(=O)C1CCC(Cn2cnnn2)CC1. The van der Waals surface area contributed by atoms with Crippen molar-refractivity contribution in [3.8, 4) is 0 Å². The molecule has 1 saturated carbocycles. The Kier molecular flexibility index (Phi) is 6.05. The first-order valence-corrected chi connectivity index (χ1v) is 10.9. The highest BCUT2D eigenvalue weighted by molar-refractivity contribution is 5.78. The zero-order valence-electron chi connectivity index (χ0n) is 16.7. The molecule has 2 atom stereocenters. The van der Waals surface area contributed by atoms with Gasteiger partial charge in [0.15, 0.2) is 0 Å². The van der Waals surface area contributed by atoms with E-state index in [9.17, 15) is 4.79 Å². The number of carbonyl (C=O) groups is 1. The van der Waals surface area contributed by atoms with E-state index in [0.717, 1.165) is 44.8 Å². The van der Waals surface area contributed by atoms with Gasteiger partial charge in [-0.2, -0.15) is 0 Å². The molecule has 0 radical (unpaired) electrons. The van der Waals surface area contributed by atoms with Crippen LogP contribution >= 0.6 is 0 Å². The topological polar surface area (TPSA) is 67.2 Å². The molecule has 1 amide bonds. The summed E-state index contributed by atoms with van der Waals surface area (Å²) in [4.78, 5) is 17.8. The van der Waals surface area contributed by atoms with Gasteiger partial charge >= 0.3 is 0 Å². The van der Waals surface area contributed by atoms with Crippen LogP contribution in [0.1, 0.15) is 57.8 Å². The van der Waals surface area contributed by atoms with Crippen LogP contribution < -0.4 is 0 Å². The first-order chi connectivity index (χ1) is 13.2. The lowest BCUT2D eigenvalue weighted by molar-refractivity contribution is -0.136. The van der Waals surface area contributed by atoms with Gasteiger partial charge in [-0.05, 0) is 86.7 Å². The second kappa shape index (κ2) is 8.67. The van der Waals surface area contributed by atoms with Gasteiger partial charge in [-0.15, -0.1) is 5.10 Å². The number of fused-ring (bicyclic) bond motifs is 1. The summed E-state index contributed by atoms with van der Waals surface area (Å²) in [5, 5.41) is 11.4.